The van der Waals surface area contributed by atoms with E-state index in [9.17, 15) is 38.4 Å². The Labute approximate surface area is 257 Å². The number of ether oxygens (including phenoxy) is 2. The molecule has 0 spiro atoms. The zero-order valence-electron chi connectivity index (χ0n) is 23.6. The maximum absolute atomic E-state index is 14.2. The lowest BCUT2D eigenvalue weighted by Crippen LogP contribution is -2.61. The molecule has 12 heteroatoms. The number of rotatable bonds is 2. The van der Waals surface area contributed by atoms with Crippen LogP contribution in [0.1, 0.15) is 109 Å². The van der Waals surface area contributed by atoms with Crippen LogP contribution >= 0.6 is 0 Å². The van der Waals surface area contributed by atoms with Gasteiger partial charge in [-0.2, -0.15) is 0 Å². The number of imide groups is 2. The largest absolute Gasteiger partial charge is 0.386 e. The number of nitrogens with zero attached hydrogens (tertiary/aromatic N) is 2. The minimum absolute atomic E-state index is 0.0677. The number of hydrogen-bond acceptors (Lipinski definition) is 10. The van der Waals surface area contributed by atoms with E-state index in [2.05, 4.69) is 0 Å². The summed E-state index contributed by atoms with van der Waals surface area (Å²) >= 11 is 0. The summed E-state index contributed by atoms with van der Waals surface area (Å²) < 4.78 is 9.64. The molecule has 4 aromatic rings. The average molecular weight is 615 g/mol. The summed E-state index contributed by atoms with van der Waals surface area (Å²) in [5.74, 6) is -6.18. The first-order valence-electron chi connectivity index (χ1n) is 14.7. The quantitative estimate of drug-likeness (QED) is 0.184. The molecule has 0 aromatic heterocycles. The SMILES string of the molecule is O=C1OC(=O)c2ccc3c4c(ccc1c24)C(=O)N(C1CCCC[C@@H]1N1C(=O)c2ccc4c5c(ccc(c25)C1=O)C(=O)OC4=O)C3=O. The van der Waals surface area contributed by atoms with Crippen LogP contribution < -0.4 is 0 Å². The summed E-state index contributed by atoms with van der Waals surface area (Å²) in [7, 11) is 0. The first-order chi connectivity index (χ1) is 22.2. The highest BCUT2D eigenvalue weighted by atomic mass is 16.6. The zero-order valence-corrected chi connectivity index (χ0v) is 23.6. The van der Waals surface area contributed by atoms with E-state index in [0.29, 0.717) is 25.7 Å². The second-order valence-electron chi connectivity index (χ2n) is 11.9. The molecule has 5 aliphatic rings. The van der Waals surface area contributed by atoms with E-state index in [-0.39, 0.29) is 66.1 Å². The van der Waals surface area contributed by atoms with Crippen LogP contribution in [0.5, 0.6) is 0 Å². The molecule has 0 N–H and O–H groups in total. The molecule has 1 aliphatic carbocycles. The Morgan fingerprint density at radius 3 is 0.913 bits per heavy atom. The molecule has 4 aromatic carbocycles. The zero-order chi connectivity index (χ0) is 31.8. The van der Waals surface area contributed by atoms with Crippen molar-refractivity contribution in [1.29, 1.82) is 0 Å². The lowest BCUT2D eigenvalue weighted by molar-refractivity contribution is 0.0241. The van der Waals surface area contributed by atoms with E-state index in [1.807, 2.05) is 0 Å². The molecule has 9 rings (SSSR count). The minimum atomic E-state index is -0.880. The average Bonchev–Trinajstić information content (AvgIpc) is 3.04. The van der Waals surface area contributed by atoms with Crippen molar-refractivity contribution in [2.75, 3.05) is 0 Å². The van der Waals surface area contributed by atoms with Crippen LogP contribution in [-0.2, 0) is 9.47 Å². The Bertz CT molecular complexity index is 2000. The second kappa shape index (κ2) is 8.78. The molecule has 4 aliphatic heterocycles. The lowest BCUT2D eigenvalue weighted by atomic mass is 9.81. The van der Waals surface area contributed by atoms with Crippen LogP contribution in [0.4, 0.5) is 0 Å². The van der Waals surface area contributed by atoms with Gasteiger partial charge in [-0.1, -0.05) is 12.8 Å². The van der Waals surface area contributed by atoms with E-state index in [4.69, 9.17) is 9.47 Å². The van der Waals surface area contributed by atoms with Gasteiger partial charge in [0.1, 0.15) is 0 Å². The molecule has 224 valence electrons. The molecule has 4 amide bonds. The summed E-state index contributed by atoms with van der Waals surface area (Å²) in [5, 5.41) is 0.729. The monoisotopic (exact) mass is 614 g/mol. The van der Waals surface area contributed by atoms with Crippen molar-refractivity contribution in [2.24, 2.45) is 0 Å². The van der Waals surface area contributed by atoms with Crippen molar-refractivity contribution < 1.29 is 47.8 Å². The van der Waals surface area contributed by atoms with Gasteiger partial charge in [0.05, 0.1) is 34.3 Å². The third kappa shape index (κ3) is 3.12. The smallest absolute Gasteiger partial charge is 0.346 e. The maximum Gasteiger partial charge on any atom is 0.346 e. The van der Waals surface area contributed by atoms with Crippen LogP contribution in [0.25, 0.3) is 21.5 Å². The molecule has 0 saturated heterocycles. The third-order valence-corrected chi connectivity index (χ3v) is 9.73. The minimum Gasteiger partial charge on any atom is -0.386 e. The molecular formula is C34H18N2O10. The van der Waals surface area contributed by atoms with Crippen molar-refractivity contribution in [2.45, 2.75) is 37.8 Å². The van der Waals surface area contributed by atoms with Gasteiger partial charge in [-0.05, 0) is 61.4 Å². The van der Waals surface area contributed by atoms with Crippen LogP contribution in [0.15, 0.2) is 48.5 Å². The number of hydrogen-bond donors (Lipinski definition) is 0. The lowest BCUT2D eigenvalue weighted by Gasteiger charge is -2.45. The van der Waals surface area contributed by atoms with Crippen molar-refractivity contribution in [3.05, 3.63) is 93.0 Å². The summed E-state index contributed by atoms with van der Waals surface area (Å²) in [6.07, 6.45) is 1.88. The second-order valence-corrected chi connectivity index (χ2v) is 11.9. The highest BCUT2D eigenvalue weighted by Crippen LogP contribution is 2.42. The van der Waals surface area contributed by atoms with E-state index in [0.717, 1.165) is 9.80 Å². The van der Waals surface area contributed by atoms with Crippen LogP contribution in [-0.4, -0.2) is 69.4 Å². The standard InChI is InChI=1S/C34H18N2O10/c37-27-13-5-9-17-25-18(32(42)45-31(17)41)10-6-14(23(13)25)28(38)35(27)21-3-1-2-4-22(21)36-29(39)15-7-11-19-26-20(34(44)46-33(19)43)12-8-16(24(15)26)30(36)40/h5-12,21-22H,1-4H2/t21-,22?/m0/s1. The van der Waals surface area contributed by atoms with Gasteiger partial charge in [0.15, 0.2) is 0 Å². The van der Waals surface area contributed by atoms with Gasteiger partial charge in [0, 0.05) is 43.8 Å². The van der Waals surface area contributed by atoms with Crippen LogP contribution in [0.2, 0.25) is 0 Å². The Balaban J connectivity index is 1.16. The first-order valence-corrected chi connectivity index (χ1v) is 14.7. The Hall–Kier alpha value is -6.04. The summed E-state index contributed by atoms with van der Waals surface area (Å²) in [6, 6.07) is 9.46. The van der Waals surface area contributed by atoms with E-state index in [1.54, 1.807) is 0 Å². The molecule has 4 heterocycles. The molecule has 0 bridgehead atoms. The number of cyclic esters (lactones) is 4. The van der Waals surface area contributed by atoms with Gasteiger partial charge in [0.2, 0.25) is 0 Å². The maximum atomic E-state index is 14.2. The highest BCUT2D eigenvalue weighted by Gasteiger charge is 2.49. The van der Waals surface area contributed by atoms with Gasteiger partial charge in [0.25, 0.3) is 23.6 Å². The van der Waals surface area contributed by atoms with Gasteiger partial charge < -0.3 is 9.47 Å². The van der Waals surface area contributed by atoms with E-state index < -0.39 is 59.6 Å². The Morgan fingerprint density at radius 1 is 0.391 bits per heavy atom. The normalized spacial score (nSPS) is 21.7. The van der Waals surface area contributed by atoms with Crippen molar-refractivity contribution >= 4 is 69.1 Å². The van der Waals surface area contributed by atoms with Crippen LogP contribution in [0, 0.1) is 0 Å². The van der Waals surface area contributed by atoms with Gasteiger partial charge in [-0.3, -0.25) is 29.0 Å². The highest BCUT2D eigenvalue weighted by molar-refractivity contribution is 6.33. The molecule has 1 fully saturated rings. The molecule has 12 nitrogen and oxygen atoms in total. The summed E-state index contributed by atoms with van der Waals surface area (Å²) in [6.45, 7) is 0. The topological polar surface area (TPSA) is 162 Å². The number of amides is 4. The first kappa shape index (κ1) is 26.4. The molecule has 0 radical (unpaired) electrons. The summed E-state index contributed by atoms with van der Waals surface area (Å²) in [4.78, 5) is 109. The van der Waals surface area contributed by atoms with Gasteiger partial charge in [-0.25, -0.2) is 19.2 Å². The third-order valence-electron chi connectivity index (χ3n) is 9.73. The van der Waals surface area contributed by atoms with Gasteiger partial charge >= 0.3 is 23.9 Å². The molecule has 2 atom stereocenters. The number of benzene rings is 4. The van der Waals surface area contributed by atoms with Gasteiger partial charge in [-0.15, -0.1) is 0 Å². The molecule has 1 unspecified atom stereocenters. The fraction of sp³-hybridized carbons (Fsp3) is 0.176. The predicted molar refractivity (Wildman–Crippen MR) is 154 cm³/mol. The van der Waals surface area contributed by atoms with Crippen molar-refractivity contribution in [3.8, 4) is 0 Å². The van der Waals surface area contributed by atoms with Crippen molar-refractivity contribution in [1.82, 2.24) is 9.80 Å². The fourth-order valence-corrected chi connectivity index (χ4v) is 7.77. The number of esters is 4. The number of carbonyl (C=O) groups is 8. The van der Waals surface area contributed by atoms with Crippen LogP contribution in [0.3, 0.4) is 0 Å². The molecule has 46 heavy (non-hydrogen) atoms. The Morgan fingerprint density at radius 2 is 0.630 bits per heavy atom. The molecular weight excluding hydrogens is 596 g/mol. The Kier molecular flexibility index (Phi) is 5.03. The predicted octanol–water partition coefficient (Wildman–Crippen LogP) is 3.82. The van der Waals surface area contributed by atoms with Crippen molar-refractivity contribution in [3.63, 3.8) is 0 Å². The molecule has 1 saturated carbocycles. The number of carbonyl (C=O) groups excluding carboxylic acids is 8. The van der Waals surface area contributed by atoms with E-state index in [1.165, 1.54) is 48.5 Å². The van der Waals surface area contributed by atoms with E-state index >= 15 is 0 Å². The summed E-state index contributed by atoms with van der Waals surface area (Å²) in [5.41, 5.74) is 0.713. The fourth-order valence-electron chi connectivity index (χ4n) is 7.77.